The number of amides is 1. The first-order valence-corrected chi connectivity index (χ1v) is 7.34. The number of carbonyl (C=O) groups excluding carboxylic acids is 1. The number of rotatable bonds is 5. The number of benzene rings is 1. The molecule has 0 N–H and O–H groups in total. The highest BCUT2D eigenvalue weighted by molar-refractivity contribution is 5.83. The second-order valence-electron chi connectivity index (χ2n) is 5.88. The minimum absolute atomic E-state index is 0.0361. The van der Waals surface area contributed by atoms with E-state index in [2.05, 4.69) is 6.58 Å². The molecule has 1 aromatic carbocycles. The maximum Gasteiger partial charge on any atom is 0.416 e. The topological polar surface area (TPSA) is 20.3 Å². The first-order chi connectivity index (χ1) is 10.2. The molecule has 1 aliphatic rings. The summed E-state index contributed by atoms with van der Waals surface area (Å²) in [7, 11) is 0. The van der Waals surface area contributed by atoms with Gasteiger partial charge < -0.3 is 4.90 Å². The molecule has 0 aromatic heterocycles. The lowest BCUT2D eigenvalue weighted by molar-refractivity contribution is -0.137. The van der Waals surface area contributed by atoms with E-state index in [1.807, 2.05) is 13.8 Å². The van der Waals surface area contributed by atoms with E-state index in [-0.39, 0.29) is 17.7 Å². The van der Waals surface area contributed by atoms with E-state index >= 15 is 0 Å². The fourth-order valence-corrected chi connectivity index (χ4v) is 2.66. The molecule has 0 spiro atoms. The van der Waals surface area contributed by atoms with Gasteiger partial charge in [-0.05, 0) is 43.9 Å². The molecule has 2 nitrogen and oxygen atoms in total. The number of carbonyl (C=O) groups is 1. The van der Waals surface area contributed by atoms with Gasteiger partial charge in [0.25, 0.3) is 0 Å². The molecule has 22 heavy (non-hydrogen) atoms. The fraction of sp³-hybridized carbons (Fsp3) is 0.471. The summed E-state index contributed by atoms with van der Waals surface area (Å²) in [6.07, 6.45) is -3.62. The van der Waals surface area contributed by atoms with Gasteiger partial charge in [0.05, 0.1) is 5.56 Å². The molecule has 2 rings (SSSR count). The van der Waals surface area contributed by atoms with Crippen molar-refractivity contribution in [3.05, 3.63) is 47.5 Å². The van der Waals surface area contributed by atoms with Crippen molar-refractivity contribution in [2.24, 2.45) is 5.92 Å². The van der Waals surface area contributed by atoms with E-state index < -0.39 is 11.7 Å². The second kappa shape index (κ2) is 6.15. The molecular formula is C17H20F3NO. The van der Waals surface area contributed by atoms with Crippen molar-refractivity contribution in [3.63, 3.8) is 0 Å². The number of halogens is 3. The smallest absolute Gasteiger partial charge is 0.339 e. The van der Waals surface area contributed by atoms with Gasteiger partial charge in [-0.25, -0.2) is 0 Å². The Balaban J connectivity index is 2.02. The van der Waals surface area contributed by atoms with Gasteiger partial charge in [0.15, 0.2) is 0 Å². The molecule has 0 saturated heterocycles. The van der Waals surface area contributed by atoms with Crippen molar-refractivity contribution in [2.75, 3.05) is 13.1 Å². The minimum atomic E-state index is -4.32. The lowest BCUT2D eigenvalue weighted by Gasteiger charge is -2.21. The molecule has 5 heteroatoms. The van der Waals surface area contributed by atoms with Crippen molar-refractivity contribution >= 4 is 5.91 Å². The van der Waals surface area contributed by atoms with E-state index in [1.165, 1.54) is 12.1 Å². The van der Waals surface area contributed by atoms with Crippen LogP contribution < -0.4 is 0 Å². The quantitative estimate of drug-likeness (QED) is 0.745. The monoisotopic (exact) mass is 311 g/mol. The number of nitrogens with zero attached hydrogens (tertiary/aromatic N) is 1. The van der Waals surface area contributed by atoms with E-state index in [1.54, 1.807) is 4.90 Å². The molecule has 1 saturated carbocycles. The maximum atomic E-state index is 12.5. The zero-order chi connectivity index (χ0) is 16.5. The predicted molar refractivity (Wildman–Crippen MR) is 79.4 cm³/mol. The van der Waals surface area contributed by atoms with Crippen LogP contribution in [0.3, 0.4) is 0 Å². The zero-order valence-electron chi connectivity index (χ0n) is 12.8. The van der Waals surface area contributed by atoms with Crippen molar-refractivity contribution in [1.82, 2.24) is 4.90 Å². The molecule has 0 radical (unpaired) electrons. The largest absolute Gasteiger partial charge is 0.416 e. The van der Waals surface area contributed by atoms with Gasteiger partial charge in [-0.2, -0.15) is 13.2 Å². The normalized spacial score (nSPS) is 20.6. The SMILES string of the molecule is C=C(C)CN(CC)C(=O)C1CC1c1ccc(C(F)(F)F)cc1. The highest BCUT2D eigenvalue weighted by Crippen LogP contribution is 2.48. The molecule has 0 aliphatic heterocycles. The van der Waals surface area contributed by atoms with Crippen LogP contribution >= 0.6 is 0 Å². The highest BCUT2D eigenvalue weighted by atomic mass is 19.4. The summed E-state index contributed by atoms with van der Waals surface area (Å²) in [5.41, 5.74) is 1.07. The van der Waals surface area contributed by atoms with Crippen LogP contribution in [0, 0.1) is 5.92 Å². The first-order valence-electron chi connectivity index (χ1n) is 7.34. The Bertz CT molecular complexity index is 562. The standard InChI is InChI=1S/C17H20F3NO/c1-4-21(10-11(2)3)16(22)15-9-14(15)12-5-7-13(8-6-12)17(18,19)20/h5-8,14-15H,2,4,9-10H2,1,3H3. The van der Waals surface area contributed by atoms with E-state index in [9.17, 15) is 18.0 Å². The maximum absolute atomic E-state index is 12.5. The van der Waals surface area contributed by atoms with Crippen LogP contribution in [-0.4, -0.2) is 23.9 Å². The Morgan fingerprint density at radius 1 is 1.32 bits per heavy atom. The Labute approximate surface area is 128 Å². The van der Waals surface area contributed by atoms with Gasteiger partial charge in [0.2, 0.25) is 5.91 Å². The Morgan fingerprint density at radius 3 is 2.36 bits per heavy atom. The molecule has 2 unspecified atom stereocenters. The Hall–Kier alpha value is -1.78. The third kappa shape index (κ3) is 3.70. The van der Waals surface area contributed by atoms with Crippen LogP contribution in [0.5, 0.6) is 0 Å². The van der Waals surface area contributed by atoms with E-state index in [0.29, 0.717) is 19.5 Å². The van der Waals surface area contributed by atoms with Crippen molar-refractivity contribution < 1.29 is 18.0 Å². The molecule has 120 valence electrons. The summed E-state index contributed by atoms with van der Waals surface area (Å²) >= 11 is 0. The van der Waals surface area contributed by atoms with Crippen molar-refractivity contribution in [1.29, 1.82) is 0 Å². The van der Waals surface area contributed by atoms with Crippen LogP contribution in [0.2, 0.25) is 0 Å². The molecule has 0 heterocycles. The summed E-state index contributed by atoms with van der Waals surface area (Å²) in [4.78, 5) is 14.1. The third-order valence-electron chi connectivity index (χ3n) is 3.93. The number of hydrogen-bond donors (Lipinski definition) is 0. The van der Waals surface area contributed by atoms with Gasteiger partial charge in [-0.1, -0.05) is 24.3 Å². The molecule has 1 aliphatic carbocycles. The summed E-state index contributed by atoms with van der Waals surface area (Å²) < 4.78 is 37.6. The number of alkyl halides is 3. The lowest BCUT2D eigenvalue weighted by atomic mass is 10.1. The van der Waals surface area contributed by atoms with Crippen molar-refractivity contribution in [2.45, 2.75) is 32.4 Å². The minimum Gasteiger partial charge on any atom is -0.339 e. The number of hydrogen-bond acceptors (Lipinski definition) is 1. The van der Waals surface area contributed by atoms with Gasteiger partial charge >= 0.3 is 6.18 Å². The molecule has 1 fully saturated rings. The zero-order valence-corrected chi connectivity index (χ0v) is 12.8. The molecule has 1 amide bonds. The fourth-order valence-electron chi connectivity index (χ4n) is 2.66. The van der Waals surface area contributed by atoms with E-state index in [0.717, 1.165) is 23.3 Å². The lowest BCUT2D eigenvalue weighted by Crippen LogP contribution is -2.33. The van der Waals surface area contributed by atoms with Gasteiger partial charge in [-0.15, -0.1) is 0 Å². The van der Waals surface area contributed by atoms with E-state index in [4.69, 9.17) is 0 Å². The van der Waals surface area contributed by atoms with Crippen molar-refractivity contribution in [3.8, 4) is 0 Å². The van der Waals surface area contributed by atoms with Gasteiger partial charge in [0, 0.05) is 19.0 Å². The average Bonchev–Trinajstić information content (AvgIpc) is 3.23. The second-order valence-corrected chi connectivity index (χ2v) is 5.88. The summed E-state index contributed by atoms with van der Waals surface area (Å²) in [5.74, 6) is -0.0135. The molecule has 1 aromatic rings. The Kier molecular flexibility index (Phi) is 4.63. The third-order valence-corrected chi connectivity index (χ3v) is 3.93. The van der Waals surface area contributed by atoms with Crippen LogP contribution in [0.4, 0.5) is 13.2 Å². The van der Waals surface area contributed by atoms with Crippen LogP contribution in [0.1, 0.15) is 37.3 Å². The Morgan fingerprint density at radius 2 is 1.91 bits per heavy atom. The van der Waals surface area contributed by atoms with Crippen LogP contribution in [-0.2, 0) is 11.0 Å². The molecular weight excluding hydrogens is 291 g/mol. The predicted octanol–water partition coefficient (Wildman–Crippen LogP) is 4.23. The summed E-state index contributed by atoms with van der Waals surface area (Å²) in [6, 6.07) is 5.13. The number of likely N-dealkylation sites (N-methyl/N-ethyl adjacent to an activating group) is 1. The average molecular weight is 311 g/mol. The van der Waals surface area contributed by atoms with Crippen LogP contribution in [0.25, 0.3) is 0 Å². The van der Waals surface area contributed by atoms with Gasteiger partial charge in [0.1, 0.15) is 0 Å². The van der Waals surface area contributed by atoms with Gasteiger partial charge in [-0.3, -0.25) is 4.79 Å². The molecule has 0 bridgehead atoms. The summed E-state index contributed by atoms with van der Waals surface area (Å²) in [5, 5.41) is 0. The summed E-state index contributed by atoms with van der Waals surface area (Å²) in [6.45, 7) is 8.75. The molecule has 2 atom stereocenters. The van der Waals surface area contributed by atoms with Crippen LogP contribution in [0.15, 0.2) is 36.4 Å². The first kappa shape index (κ1) is 16.6. The highest BCUT2D eigenvalue weighted by Gasteiger charge is 2.45.